The van der Waals surface area contributed by atoms with Crippen LogP contribution in [0.5, 0.6) is 0 Å². The van der Waals surface area contributed by atoms with Crippen molar-refractivity contribution in [2.24, 2.45) is 0 Å². The molecule has 0 N–H and O–H groups in total. The summed E-state index contributed by atoms with van der Waals surface area (Å²) in [4.78, 5) is 20.7. The van der Waals surface area contributed by atoms with E-state index in [1.807, 2.05) is 78.9 Å². The minimum absolute atomic E-state index is 0. The standard InChI is InChI=1S/C16H12N2O.C6H5.W/c19-15(12-7-3-1-4-8-12)14-11-17-16(18-14)13-9-5-2-6-10-13;1-2-4-6-5-3-1;/h1-11H,(H,17,18,19);1-5H;/q;-1;+2/p-1. The number of aromatic nitrogens is 2. The zero-order chi connectivity index (χ0) is 17.3. The molecule has 3 aromatic carbocycles. The number of carbonyl (C=O) groups excluding carboxylic acids is 1. The van der Waals surface area contributed by atoms with Crippen molar-refractivity contribution in [3.63, 3.8) is 0 Å². The molecule has 0 amide bonds. The quantitative estimate of drug-likeness (QED) is 0.304. The summed E-state index contributed by atoms with van der Waals surface area (Å²) in [6.07, 6.45) is 1.53. The van der Waals surface area contributed by atoms with Crippen LogP contribution in [0.15, 0.2) is 97.2 Å². The van der Waals surface area contributed by atoms with Crippen LogP contribution in [-0.2, 0) is 21.1 Å². The molecule has 1 aromatic heterocycles. The minimum Gasteiger partial charge on any atom is -0.442 e. The van der Waals surface area contributed by atoms with Gasteiger partial charge in [0.15, 0.2) is 5.78 Å². The van der Waals surface area contributed by atoms with Crippen LogP contribution < -0.4 is 4.98 Å². The van der Waals surface area contributed by atoms with Gasteiger partial charge in [-0.05, 0) is 5.56 Å². The Balaban J connectivity index is 0.000000297. The number of hydrogen-bond donors (Lipinski definition) is 0. The molecule has 0 aliphatic carbocycles. The number of benzene rings is 3. The molecule has 0 unspecified atom stereocenters. The number of ketones is 1. The summed E-state index contributed by atoms with van der Waals surface area (Å²) >= 11 is 0. The summed E-state index contributed by atoms with van der Waals surface area (Å²) in [5, 5.41) is 0. The second-order valence-electron chi connectivity index (χ2n) is 5.22. The molecule has 0 atom stereocenters. The summed E-state index contributed by atoms with van der Waals surface area (Å²) < 4.78 is 0. The molecular weight excluding hydrogens is 492 g/mol. The number of carbonyl (C=O) groups is 1. The fraction of sp³-hybridized carbons (Fsp3) is 0. The summed E-state index contributed by atoms with van der Waals surface area (Å²) in [6, 6.07) is 31.2. The van der Waals surface area contributed by atoms with Crippen molar-refractivity contribution in [3.05, 3.63) is 115 Å². The normalized spacial score (nSPS) is 9.38. The molecule has 0 fully saturated rings. The first kappa shape index (κ1) is 19.6. The van der Waals surface area contributed by atoms with E-state index in [2.05, 4.69) is 16.0 Å². The maximum Gasteiger partial charge on any atom is 2.00 e. The van der Waals surface area contributed by atoms with Gasteiger partial charge in [-0.25, -0.2) is 0 Å². The first-order valence-corrected chi connectivity index (χ1v) is 7.90. The largest absolute Gasteiger partial charge is 2.00 e. The Bertz CT molecular complexity index is 880. The Morgan fingerprint density at radius 2 is 1.38 bits per heavy atom. The van der Waals surface area contributed by atoms with Gasteiger partial charge in [0, 0.05) is 11.3 Å². The van der Waals surface area contributed by atoms with Gasteiger partial charge in [-0.2, -0.15) is 36.4 Å². The first-order chi connectivity index (χ1) is 12.3. The fourth-order valence-corrected chi connectivity index (χ4v) is 2.21. The zero-order valence-corrected chi connectivity index (χ0v) is 16.9. The summed E-state index contributed by atoms with van der Waals surface area (Å²) in [6.45, 7) is 0. The van der Waals surface area contributed by atoms with Crippen LogP contribution in [-0.4, -0.2) is 10.8 Å². The molecule has 4 rings (SSSR count). The molecule has 26 heavy (non-hydrogen) atoms. The van der Waals surface area contributed by atoms with Gasteiger partial charge >= 0.3 is 21.1 Å². The predicted octanol–water partition coefficient (Wildman–Crippen LogP) is 4.42. The SMILES string of the molecule is O=C(c1ccccc1)c1c[n-]c(-c2ccccc2)n1.[W+2].[c-]1ccccc1. The Morgan fingerprint density at radius 3 is 1.92 bits per heavy atom. The number of rotatable bonds is 3. The smallest absolute Gasteiger partial charge is 0.442 e. The third-order valence-corrected chi connectivity index (χ3v) is 3.44. The van der Waals surface area contributed by atoms with Crippen LogP contribution in [0.2, 0.25) is 0 Å². The van der Waals surface area contributed by atoms with Crippen molar-refractivity contribution in [2.75, 3.05) is 0 Å². The van der Waals surface area contributed by atoms with E-state index in [1.165, 1.54) is 6.20 Å². The van der Waals surface area contributed by atoms with Gasteiger partial charge < -0.3 is 9.97 Å². The van der Waals surface area contributed by atoms with Crippen LogP contribution in [0.4, 0.5) is 0 Å². The van der Waals surface area contributed by atoms with Crippen LogP contribution in [0, 0.1) is 6.07 Å². The van der Waals surface area contributed by atoms with Crippen LogP contribution in [0.1, 0.15) is 16.1 Å². The van der Waals surface area contributed by atoms with Crippen molar-refractivity contribution in [1.82, 2.24) is 9.97 Å². The van der Waals surface area contributed by atoms with E-state index in [-0.39, 0.29) is 26.8 Å². The second kappa shape index (κ2) is 10.3. The van der Waals surface area contributed by atoms with Gasteiger partial charge in [0.25, 0.3) is 0 Å². The Kier molecular flexibility index (Phi) is 7.72. The van der Waals surface area contributed by atoms with Crippen molar-refractivity contribution < 1.29 is 25.9 Å². The van der Waals surface area contributed by atoms with Gasteiger partial charge in [-0.3, -0.25) is 4.79 Å². The van der Waals surface area contributed by atoms with Crippen molar-refractivity contribution in [2.45, 2.75) is 0 Å². The molecule has 0 radical (unpaired) electrons. The third kappa shape index (κ3) is 5.37. The Hall–Kier alpha value is -2.77. The van der Waals surface area contributed by atoms with Gasteiger partial charge in [-0.15, -0.1) is 0 Å². The van der Waals surface area contributed by atoms with Crippen molar-refractivity contribution in [1.29, 1.82) is 0 Å². The van der Waals surface area contributed by atoms with Crippen molar-refractivity contribution in [3.8, 4) is 11.4 Å². The molecule has 0 bridgehead atoms. The number of nitrogens with zero attached hydrogens (tertiary/aromatic N) is 2. The first-order valence-electron chi connectivity index (χ1n) is 7.90. The molecule has 1 heterocycles. The molecule has 4 aromatic rings. The topological polar surface area (TPSA) is 44.1 Å². The Labute approximate surface area is 167 Å². The molecule has 126 valence electrons. The van der Waals surface area contributed by atoms with E-state index in [1.54, 1.807) is 12.1 Å². The maximum atomic E-state index is 12.2. The summed E-state index contributed by atoms with van der Waals surface area (Å²) in [5.41, 5.74) is 1.92. The van der Waals surface area contributed by atoms with E-state index in [0.717, 1.165) is 5.56 Å². The predicted molar refractivity (Wildman–Crippen MR) is 98.1 cm³/mol. The molecule has 0 spiro atoms. The summed E-state index contributed by atoms with van der Waals surface area (Å²) in [7, 11) is 0. The van der Waals surface area contributed by atoms with Gasteiger partial charge in [0.05, 0.1) is 0 Å². The minimum atomic E-state index is -0.102. The van der Waals surface area contributed by atoms with E-state index < -0.39 is 0 Å². The van der Waals surface area contributed by atoms with Crippen LogP contribution in [0.3, 0.4) is 0 Å². The van der Waals surface area contributed by atoms with E-state index in [9.17, 15) is 4.79 Å². The van der Waals surface area contributed by atoms with Gasteiger partial charge in [0.1, 0.15) is 0 Å². The third-order valence-electron chi connectivity index (χ3n) is 3.44. The average Bonchev–Trinajstić information content (AvgIpc) is 3.21. The van der Waals surface area contributed by atoms with E-state index in [4.69, 9.17) is 0 Å². The zero-order valence-electron chi connectivity index (χ0n) is 13.9. The average molecular weight is 508 g/mol. The van der Waals surface area contributed by atoms with E-state index in [0.29, 0.717) is 17.1 Å². The second-order valence-corrected chi connectivity index (χ2v) is 5.22. The van der Waals surface area contributed by atoms with Crippen molar-refractivity contribution >= 4 is 5.78 Å². The van der Waals surface area contributed by atoms with Gasteiger partial charge in [0.2, 0.25) is 0 Å². The van der Waals surface area contributed by atoms with E-state index >= 15 is 0 Å². The molecule has 0 aliphatic heterocycles. The summed E-state index contributed by atoms with van der Waals surface area (Å²) in [5.74, 6) is 0.482. The molecule has 0 aliphatic rings. The number of hydrogen-bond acceptors (Lipinski definition) is 2. The Morgan fingerprint density at radius 1 is 0.808 bits per heavy atom. The van der Waals surface area contributed by atoms with Gasteiger partial charge in [-0.1, -0.05) is 72.7 Å². The molecule has 4 heteroatoms. The number of imidazole rings is 1. The molecule has 0 saturated carbocycles. The fourth-order valence-electron chi connectivity index (χ4n) is 2.21. The molecule has 3 nitrogen and oxygen atoms in total. The van der Waals surface area contributed by atoms with Crippen LogP contribution >= 0.6 is 0 Å². The molecular formula is C22H16N2OW. The monoisotopic (exact) mass is 508 g/mol. The maximum absolute atomic E-state index is 12.2. The molecule has 0 saturated heterocycles. The van der Waals surface area contributed by atoms with Crippen LogP contribution in [0.25, 0.3) is 11.4 Å².